The lowest BCUT2D eigenvalue weighted by molar-refractivity contribution is -0.384. The second-order valence-corrected chi connectivity index (χ2v) is 6.45. The Bertz CT molecular complexity index is 921. The maximum Gasteiger partial charge on any atom is 0.269 e. The summed E-state index contributed by atoms with van der Waals surface area (Å²) in [5.41, 5.74) is 6.29. The minimum atomic E-state index is -0.428. The van der Waals surface area contributed by atoms with Crippen molar-refractivity contribution in [3.63, 3.8) is 0 Å². The van der Waals surface area contributed by atoms with E-state index in [0.29, 0.717) is 15.9 Å². The number of hydrogen-bond acceptors (Lipinski definition) is 6. The summed E-state index contributed by atoms with van der Waals surface area (Å²) >= 11 is 7.33. The molecular weight excluding hydrogens is 360 g/mol. The van der Waals surface area contributed by atoms with Crippen LogP contribution >= 0.6 is 22.9 Å². The number of nitro benzene ring substituents is 1. The summed E-state index contributed by atoms with van der Waals surface area (Å²) < 4.78 is 0. The predicted octanol–water partition coefficient (Wildman–Crippen LogP) is 5.21. The molecule has 0 aliphatic rings. The van der Waals surface area contributed by atoms with E-state index in [2.05, 4.69) is 15.5 Å². The lowest BCUT2D eigenvalue weighted by atomic mass is 10.1. The Kier molecular flexibility index (Phi) is 5.06. The molecule has 0 bridgehead atoms. The first-order valence-electron chi connectivity index (χ1n) is 7.29. The molecule has 0 aliphatic carbocycles. The molecule has 6 nitrogen and oxygen atoms in total. The maximum atomic E-state index is 10.7. The quantitative estimate of drug-likeness (QED) is 0.379. The number of aromatic nitrogens is 1. The van der Waals surface area contributed by atoms with Gasteiger partial charge in [-0.25, -0.2) is 4.98 Å². The first-order chi connectivity index (χ1) is 12.0. The summed E-state index contributed by atoms with van der Waals surface area (Å²) in [7, 11) is 0. The lowest BCUT2D eigenvalue weighted by Crippen LogP contribution is -2.00. The van der Waals surface area contributed by atoms with E-state index in [9.17, 15) is 10.1 Å². The highest BCUT2D eigenvalue weighted by Gasteiger charge is 2.07. The molecule has 0 atom stereocenters. The minimum absolute atomic E-state index is 0.0528. The Morgan fingerprint density at radius 3 is 2.52 bits per heavy atom. The van der Waals surface area contributed by atoms with Crippen molar-refractivity contribution in [3.8, 4) is 11.3 Å². The van der Waals surface area contributed by atoms with Gasteiger partial charge in [0.2, 0.25) is 5.13 Å². The van der Waals surface area contributed by atoms with Gasteiger partial charge >= 0.3 is 0 Å². The Hall–Kier alpha value is -2.77. The summed E-state index contributed by atoms with van der Waals surface area (Å²) in [6.07, 6.45) is 0. The summed E-state index contributed by atoms with van der Waals surface area (Å²) in [6.45, 7) is 1.82. The number of nitrogens with zero attached hydrogens (tertiary/aromatic N) is 3. The van der Waals surface area contributed by atoms with Crippen LogP contribution in [0.15, 0.2) is 59.0 Å². The largest absolute Gasteiger partial charge is 0.269 e. The molecule has 8 heteroatoms. The van der Waals surface area contributed by atoms with E-state index >= 15 is 0 Å². The van der Waals surface area contributed by atoms with E-state index < -0.39 is 4.92 Å². The van der Waals surface area contributed by atoms with Crippen LogP contribution in [0.3, 0.4) is 0 Å². The molecule has 0 saturated heterocycles. The first-order valence-corrected chi connectivity index (χ1v) is 8.55. The Labute approximate surface area is 153 Å². The monoisotopic (exact) mass is 372 g/mol. The molecule has 0 saturated carbocycles. The molecule has 1 N–H and O–H groups in total. The van der Waals surface area contributed by atoms with E-state index in [1.807, 2.05) is 36.6 Å². The smallest absolute Gasteiger partial charge is 0.258 e. The van der Waals surface area contributed by atoms with Crippen molar-refractivity contribution in [1.82, 2.24) is 4.98 Å². The summed E-state index contributed by atoms with van der Waals surface area (Å²) in [6, 6.07) is 13.7. The molecule has 2 aromatic carbocycles. The van der Waals surface area contributed by atoms with Crippen LogP contribution in [-0.4, -0.2) is 15.6 Å². The van der Waals surface area contributed by atoms with Crippen molar-refractivity contribution < 1.29 is 4.92 Å². The van der Waals surface area contributed by atoms with Gasteiger partial charge in [0.25, 0.3) is 5.69 Å². The molecule has 0 unspecified atom stereocenters. The molecule has 126 valence electrons. The molecule has 3 aromatic rings. The molecule has 0 aliphatic heterocycles. The zero-order valence-corrected chi connectivity index (χ0v) is 14.7. The third kappa shape index (κ3) is 4.20. The van der Waals surface area contributed by atoms with E-state index in [4.69, 9.17) is 11.6 Å². The van der Waals surface area contributed by atoms with E-state index in [1.54, 1.807) is 12.1 Å². The Balaban J connectivity index is 1.71. The molecule has 25 heavy (non-hydrogen) atoms. The van der Waals surface area contributed by atoms with Crippen LogP contribution in [-0.2, 0) is 0 Å². The number of halogens is 1. The Morgan fingerprint density at radius 2 is 1.88 bits per heavy atom. The number of benzene rings is 2. The zero-order valence-electron chi connectivity index (χ0n) is 13.1. The van der Waals surface area contributed by atoms with Crippen LogP contribution in [0.4, 0.5) is 10.8 Å². The van der Waals surface area contributed by atoms with Gasteiger partial charge in [0.1, 0.15) is 0 Å². The first kappa shape index (κ1) is 17.1. The van der Waals surface area contributed by atoms with Crippen LogP contribution in [0.2, 0.25) is 5.02 Å². The fourth-order valence-corrected chi connectivity index (χ4v) is 2.89. The highest BCUT2D eigenvalue weighted by atomic mass is 35.5. The van der Waals surface area contributed by atoms with Gasteiger partial charge < -0.3 is 0 Å². The normalized spacial score (nSPS) is 11.4. The molecule has 3 rings (SSSR count). The van der Waals surface area contributed by atoms with Crippen LogP contribution in [0, 0.1) is 10.1 Å². The fraction of sp³-hybridized carbons (Fsp3) is 0.0588. The molecule has 0 spiro atoms. The molecule has 0 fully saturated rings. The molecule has 0 amide bonds. The summed E-state index contributed by atoms with van der Waals surface area (Å²) in [5, 5.41) is 18.2. The molecule has 1 heterocycles. The van der Waals surface area contributed by atoms with E-state index in [-0.39, 0.29) is 5.69 Å². The second kappa shape index (κ2) is 7.42. The van der Waals surface area contributed by atoms with Gasteiger partial charge in [-0.05, 0) is 36.8 Å². The number of non-ortho nitro benzene ring substituents is 1. The van der Waals surface area contributed by atoms with E-state index in [1.165, 1.54) is 23.5 Å². The summed E-state index contributed by atoms with van der Waals surface area (Å²) in [4.78, 5) is 14.7. The van der Waals surface area contributed by atoms with Crippen LogP contribution in [0.25, 0.3) is 11.3 Å². The van der Waals surface area contributed by atoms with Crippen molar-refractivity contribution in [2.45, 2.75) is 6.92 Å². The standard InChI is InChI=1S/C17H13ClN4O2S/c1-11(12-4-8-15(9-5-12)22(23)24)20-21-17-19-16(10-25-17)13-2-6-14(18)7-3-13/h2-10H,1H3,(H,19,21). The SMILES string of the molecule is CC(=NNc1nc(-c2ccc(Cl)cc2)cs1)c1ccc([N+](=O)[O-])cc1. The van der Waals surface area contributed by atoms with Gasteiger partial charge in [-0.3, -0.25) is 15.5 Å². The maximum absolute atomic E-state index is 10.7. The third-order valence-corrected chi connectivity index (χ3v) is 4.46. The third-order valence-electron chi connectivity index (χ3n) is 3.46. The highest BCUT2D eigenvalue weighted by molar-refractivity contribution is 7.14. The topological polar surface area (TPSA) is 80.4 Å². The average molecular weight is 373 g/mol. The number of thiazole rings is 1. The van der Waals surface area contributed by atoms with Crippen molar-refractivity contribution in [1.29, 1.82) is 0 Å². The van der Waals surface area contributed by atoms with Crippen molar-refractivity contribution >= 4 is 39.5 Å². The highest BCUT2D eigenvalue weighted by Crippen LogP contribution is 2.26. The molecular formula is C17H13ClN4O2S. The fourth-order valence-electron chi connectivity index (χ4n) is 2.10. The van der Waals surface area contributed by atoms with Crippen molar-refractivity contribution in [2.75, 3.05) is 5.43 Å². The van der Waals surface area contributed by atoms with Gasteiger partial charge in [-0.2, -0.15) is 5.10 Å². The van der Waals surface area contributed by atoms with Gasteiger partial charge in [-0.1, -0.05) is 23.7 Å². The van der Waals surface area contributed by atoms with Gasteiger partial charge in [0.05, 0.1) is 16.3 Å². The van der Waals surface area contributed by atoms with Crippen molar-refractivity contribution in [3.05, 3.63) is 74.6 Å². The number of nitrogens with one attached hydrogen (secondary N) is 1. The second-order valence-electron chi connectivity index (χ2n) is 5.16. The van der Waals surface area contributed by atoms with Gasteiger partial charge in [0.15, 0.2) is 0 Å². The number of rotatable bonds is 5. The minimum Gasteiger partial charge on any atom is -0.258 e. The average Bonchev–Trinajstić information content (AvgIpc) is 3.09. The number of hydrazone groups is 1. The Morgan fingerprint density at radius 1 is 1.20 bits per heavy atom. The van der Waals surface area contributed by atoms with Gasteiger partial charge in [-0.15, -0.1) is 11.3 Å². The number of hydrogen-bond donors (Lipinski definition) is 1. The zero-order chi connectivity index (χ0) is 17.8. The van der Waals surface area contributed by atoms with E-state index in [0.717, 1.165) is 16.8 Å². The van der Waals surface area contributed by atoms with Gasteiger partial charge in [0, 0.05) is 28.1 Å². The lowest BCUT2D eigenvalue weighted by Gasteiger charge is -2.01. The summed E-state index contributed by atoms with van der Waals surface area (Å²) in [5.74, 6) is 0. The van der Waals surface area contributed by atoms with Crippen LogP contribution in [0.5, 0.6) is 0 Å². The van der Waals surface area contributed by atoms with Crippen molar-refractivity contribution in [2.24, 2.45) is 5.10 Å². The predicted molar refractivity (Wildman–Crippen MR) is 101 cm³/mol. The van der Waals surface area contributed by atoms with Crippen LogP contribution in [0.1, 0.15) is 12.5 Å². The number of nitro groups is 1. The molecule has 0 radical (unpaired) electrons. The number of anilines is 1. The molecule has 1 aromatic heterocycles. The van der Waals surface area contributed by atoms with Crippen LogP contribution < -0.4 is 5.43 Å².